The number of epoxide rings is 1. The van der Waals surface area contributed by atoms with Gasteiger partial charge in [0.1, 0.15) is 6.10 Å². The minimum atomic E-state index is 0.339. The summed E-state index contributed by atoms with van der Waals surface area (Å²) in [6.45, 7) is 0.339. The molecule has 3 nitrogen and oxygen atoms in total. The average Bonchev–Trinajstić information content (AvgIpc) is 2.97. The van der Waals surface area contributed by atoms with Crippen molar-refractivity contribution >= 4 is 0 Å². The third-order valence-electron chi connectivity index (χ3n) is 3.50. The van der Waals surface area contributed by atoms with E-state index in [0.717, 1.165) is 17.9 Å². The van der Waals surface area contributed by atoms with Gasteiger partial charge in [-0.05, 0) is 24.1 Å². The van der Waals surface area contributed by atoms with E-state index in [4.69, 9.17) is 14.2 Å². The first-order chi connectivity index (χ1) is 7.92. The molecule has 1 aromatic rings. The van der Waals surface area contributed by atoms with Crippen molar-refractivity contribution in [3.63, 3.8) is 0 Å². The third kappa shape index (κ3) is 1.18. The van der Waals surface area contributed by atoms with E-state index >= 15 is 0 Å². The van der Waals surface area contributed by atoms with Crippen LogP contribution < -0.4 is 9.47 Å². The Balaban J connectivity index is 1.70. The van der Waals surface area contributed by atoms with Crippen LogP contribution in [0, 0.1) is 0 Å². The molecular weight excluding hydrogens is 204 g/mol. The predicted octanol–water partition coefficient (Wildman–Crippen LogP) is 2.23. The average molecular weight is 216 g/mol. The SMILES string of the molecule is C1=CC2OC2C(c2ccc3c(c2)OCO3)C1. The molecule has 0 amide bonds. The van der Waals surface area contributed by atoms with Gasteiger partial charge in [-0.25, -0.2) is 0 Å². The topological polar surface area (TPSA) is 31.0 Å². The Morgan fingerprint density at radius 2 is 2.06 bits per heavy atom. The second-order valence-electron chi connectivity index (χ2n) is 4.45. The smallest absolute Gasteiger partial charge is 0.231 e. The highest BCUT2D eigenvalue weighted by Crippen LogP contribution is 2.44. The lowest BCUT2D eigenvalue weighted by molar-refractivity contribution is 0.174. The Morgan fingerprint density at radius 1 is 1.12 bits per heavy atom. The molecule has 3 aliphatic rings. The summed E-state index contributed by atoms with van der Waals surface area (Å²) in [5.41, 5.74) is 1.29. The van der Waals surface area contributed by atoms with Crippen LogP contribution in [0.2, 0.25) is 0 Å². The van der Waals surface area contributed by atoms with E-state index in [9.17, 15) is 0 Å². The minimum Gasteiger partial charge on any atom is -0.454 e. The summed E-state index contributed by atoms with van der Waals surface area (Å²) in [6, 6.07) is 6.20. The van der Waals surface area contributed by atoms with Crippen LogP contribution in [0.3, 0.4) is 0 Å². The normalized spacial score (nSPS) is 33.6. The first kappa shape index (κ1) is 8.65. The third-order valence-corrected chi connectivity index (χ3v) is 3.50. The summed E-state index contributed by atoms with van der Waals surface area (Å²) < 4.78 is 16.3. The maximum Gasteiger partial charge on any atom is 0.231 e. The maximum absolute atomic E-state index is 5.61. The molecule has 2 aliphatic heterocycles. The van der Waals surface area contributed by atoms with Crippen LogP contribution in [0.25, 0.3) is 0 Å². The van der Waals surface area contributed by atoms with Gasteiger partial charge in [0.05, 0.1) is 6.10 Å². The summed E-state index contributed by atoms with van der Waals surface area (Å²) in [7, 11) is 0. The van der Waals surface area contributed by atoms with Crippen molar-refractivity contribution in [1.29, 1.82) is 0 Å². The van der Waals surface area contributed by atoms with Gasteiger partial charge in [0.25, 0.3) is 0 Å². The van der Waals surface area contributed by atoms with Gasteiger partial charge in [-0.1, -0.05) is 18.2 Å². The highest BCUT2D eigenvalue weighted by atomic mass is 16.7. The molecule has 3 atom stereocenters. The molecule has 4 rings (SSSR count). The lowest BCUT2D eigenvalue weighted by Gasteiger charge is -2.15. The zero-order valence-electron chi connectivity index (χ0n) is 8.76. The second kappa shape index (κ2) is 3.01. The molecule has 1 fully saturated rings. The number of rotatable bonds is 1. The molecule has 3 heteroatoms. The van der Waals surface area contributed by atoms with Gasteiger partial charge in [-0.2, -0.15) is 0 Å². The molecule has 1 aromatic carbocycles. The molecule has 16 heavy (non-hydrogen) atoms. The number of hydrogen-bond acceptors (Lipinski definition) is 3. The van der Waals surface area contributed by atoms with E-state index in [1.807, 2.05) is 6.07 Å². The van der Waals surface area contributed by atoms with Crippen LogP contribution >= 0.6 is 0 Å². The molecular formula is C13H12O3. The first-order valence-corrected chi connectivity index (χ1v) is 5.63. The highest BCUT2D eigenvalue weighted by molar-refractivity contribution is 5.46. The number of allylic oxidation sites excluding steroid dienone is 1. The molecule has 1 saturated heterocycles. The van der Waals surface area contributed by atoms with E-state index in [1.54, 1.807) is 0 Å². The minimum absolute atomic E-state index is 0.339. The molecule has 0 saturated carbocycles. The van der Waals surface area contributed by atoms with Crippen molar-refractivity contribution < 1.29 is 14.2 Å². The Kier molecular flexibility index (Phi) is 1.63. The van der Waals surface area contributed by atoms with E-state index < -0.39 is 0 Å². The predicted molar refractivity (Wildman–Crippen MR) is 57.7 cm³/mol. The molecule has 3 unspecified atom stereocenters. The molecule has 0 radical (unpaired) electrons. The van der Waals surface area contributed by atoms with Gasteiger partial charge in [-0.3, -0.25) is 0 Å². The number of benzene rings is 1. The summed E-state index contributed by atoms with van der Waals surface area (Å²) in [5, 5.41) is 0. The van der Waals surface area contributed by atoms with Crippen molar-refractivity contribution in [3.05, 3.63) is 35.9 Å². The second-order valence-corrected chi connectivity index (χ2v) is 4.45. The van der Waals surface area contributed by atoms with Crippen molar-refractivity contribution in [2.45, 2.75) is 24.5 Å². The summed E-state index contributed by atoms with van der Waals surface area (Å²) in [6.07, 6.45) is 6.16. The van der Waals surface area contributed by atoms with Gasteiger partial charge >= 0.3 is 0 Å². The zero-order chi connectivity index (χ0) is 10.5. The highest BCUT2D eigenvalue weighted by Gasteiger charge is 2.45. The molecule has 2 heterocycles. The van der Waals surface area contributed by atoms with Crippen molar-refractivity contribution in [2.24, 2.45) is 0 Å². The lowest BCUT2D eigenvalue weighted by atomic mass is 9.87. The van der Waals surface area contributed by atoms with Gasteiger partial charge < -0.3 is 14.2 Å². The van der Waals surface area contributed by atoms with E-state index in [1.165, 1.54) is 5.56 Å². The largest absolute Gasteiger partial charge is 0.454 e. The van der Waals surface area contributed by atoms with Gasteiger partial charge in [0, 0.05) is 5.92 Å². The van der Waals surface area contributed by atoms with Crippen molar-refractivity contribution in [1.82, 2.24) is 0 Å². The zero-order valence-corrected chi connectivity index (χ0v) is 8.76. The molecule has 82 valence electrons. The number of fused-ring (bicyclic) bond motifs is 2. The van der Waals surface area contributed by atoms with Crippen LogP contribution in [0.15, 0.2) is 30.4 Å². The van der Waals surface area contributed by atoms with Gasteiger partial charge in [0.15, 0.2) is 11.5 Å². The molecule has 0 spiro atoms. The Bertz CT molecular complexity index is 466. The Hall–Kier alpha value is -1.48. The van der Waals surface area contributed by atoms with E-state index in [-0.39, 0.29) is 0 Å². The van der Waals surface area contributed by atoms with Crippen LogP contribution in [0.4, 0.5) is 0 Å². The monoisotopic (exact) mass is 216 g/mol. The van der Waals surface area contributed by atoms with E-state index in [0.29, 0.717) is 24.9 Å². The summed E-state index contributed by atoms with van der Waals surface area (Å²) in [4.78, 5) is 0. The fourth-order valence-corrected chi connectivity index (χ4v) is 2.58. The first-order valence-electron chi connectivity index (χ1n) is 5.63. The Labute approximate surface area is 93.6 Å². The van der Waals surface area contributed by atoms with Crippen LogP contribution in [0.1, 0.15) is 17.9 Å². The standard InChI is InChI=1S/C13H12O3/c1-2-9(13-11(3-1)16-13)8-4-5-10-12(6-8)15-7-14-10/h1,3-6,9,11,13H,2,7H2. The van der Waals surface area contributed by atoms with Gasteiger partial charge in [0.2, 0.25) is 6.79 Å². The van der Waals surface area contributed by atoms with Crippen LogP contribution in [0.5, 0.6) is 11.5 Å². The fourth-order valence-electron chi connectivity index (χ4n) is 2.58. The maximum atomic E-state index is 5.61. The Morgan fingerprint density at radius 3 is 3.06 bits per heavy atom. The molecule has 1 aliphatic carbocycles. The lowest BCUT2D eigenvalue weighted by Crippen LogP contribution is -2.10. The van der Waals surface area contributed by atoms with E-state index in [2.05, 4.69) is 24.3 Å². The summed E-state index contributed by atoms with van der Waals surface area (Å²) in [5.74, 6) is 2.19. The molecule has 0 aromatic heterocycles. The van der Waals surface area contributed by atoms with Crippen LogP contribution in [-0.2, 0) is 4.74 Å². The molecule has 0 N–H and O–H groups in total. The van der Waals surface area contributed by atoms with Crippen molar-refractivity contribution in [3.8, 4) is 11.5 Å². The van der Waals surface area contributed by atoms with Gasteiger partial charge in [-0.15, -0.1) is 0 Å². The van der Waals surface area contributed by atoms with Crippen molar-refractivity contribution in [2.75, 3.05) is 6.79 Å². The molecule has 0 bridgehead atoms. The fraction of sp³-hybridized carbons (Fsp3) is 0.385. The number of ether oxygens (including phenoxy) is 3. The van der Waals surface area contributed by atoms with Crippen LogP contribution in [-0.4, -0.2) is 19.0 Å². The number of hydrogen-bond donors (Lipinski definition) is 0. The quantitative estimate of drug-likeness (QED) is 0.532. The summed E-state index contributed by atoms with van der Waals surface area (Å²) >= 11 is 0.